The van der Waals surface area contributed by atoms with Crippen LogP contribution in [-0.2, 0) is 0 Å². The molecule has 20 heavy (non-hydrogen) atoms. The van der Waals surface area contributed by atoms with E-state index in [9.17, 15) is 4.79 Å². The van der Waals surface area contributed by atoms with Crippen LogP contribution in [0.3, 0.4) is 0 Å². The van der Waals surface area contributed by atoms with Gasteiger partial charge in [0.15, 0.2) is 0 Å². The maximum absolute atomic E-state index is 11.4. The van der Waals surface area contributed by atoms with E-state index < -0.39 is 5.91 Å². The summed E-state index contributed by atoms with van der Waals surface area (Å²) in [6.07, 6.45) is 3.34. The van der Waals surface area contributed by atoms with Gasteiger partial charge >= 0.3 is 0 Å². The van der Waals surface area contributed by atoms with Gasteiger partial charge in [0.2, 0.25) is 0 Å². The fraction of sp³-hybridized carbons (Fsp3) is 0.643. The van der Waals surface area contributed by atoms with Gasteiger partial charge in [-0.25, -0.2) is 9.97 Å². The third kappa shape index (κ3) is 2.60. The number of anilines is 1. The summed E-state index contributed by atoms with van der Waals surface area (Å²) in [7, 11) is 4.19. The van der Waals surface area contributed by atoms with Crippen molar-refractivity contribution in [2.75, 3.05) is 32.1 Å². The van der Waals surface area contributed by atoms with Crippen molar-refractivity contribution in [3.63, 3.8) is 0 Å². The van der Waals surface area contributed by atoms with E-state index in [2.05, 4.69) is 33.9 Å². The molecule has 0 bridgehead atoms. The number of aromatic nitrogens is 2. The molecular formula is C14H21N5O. The van der Waals surface area contributed by atoms with Crippen molar-refractivity contribution < 1.29 is 4.79 Å². The molecule has 0 radical (unpaired) electrons. The number of nitrogens with two attached hydrogens (primary N) is 1. The Labute approximate surface area is 119 Å². The van der Waals surface area contributed by atoms with Gasteiger partial charge in [-0.15, -0.1) is 0 Å². The minimum Gasteiger partial charge on any atom is -0.364 e. The Morgan fingerprint density at radius 1 is 1.35 bits per heavy atom. The molecule has 2 aliphatic rings. The van der Waals surface area contributed by atoms with E-state index in [1.165, 1.54) is 0 Å². The molecular weight excluding hydrogens is 254 g/mol. The van der Waals surface area contributed by atoms with Gasteiger partial charge < -0.3 is 15.5 Å². The van der Waals surface area contributed by atoms with Crippen LogP contribution in [0.1, 0.15) is 41.5 Å². The summed E-state index contributed by atoms with van der Waals surface area (Å²) in [6.45, 7) is 1.90. The Hall–Kier alpha value is -1.69. The third-order valence-corrected chi connectivity index (χ3v) is 4.14. The smallest absolute Gasteiger partial charge is 0.267 e. The summed E-state index contributed by atoms with van der Waals surface area (Å²) >= 11 is 0. The molecule has 1 unspecified atom stereocenters. The average Bonchev–Trinajstić information content (AvgIpc) is 3.14. The minimum absolute atomic E-state index is 0.338. The molecule has 1 saturated heterocycles. The van der Waals surface area contributed by atoms with E-state index in [0.29, 0.717) is 17.7 Å². The van der Waals surface area contributed by atoms with Crippen LogP contribution in [0.5, 0.6) is 0 Å². The predicted molar refractivity (Wildman–Crippen MR) is 76.8 cm³/mol. The number of nitrogens with zero attached hydrogens (tertiary/aromatic N) is 4. The minimum atomic E-state index is -0.473. The molecule has 1 aliphatic heterocycles. The van der Waals surface area contributed by atoms with Crippen LogP contribution >= 0.6 is 0 Å². The van der Waals surface area contributed by atoms with Gasteiger partial charge in [-0.05, 0) is 33.4 Å². The summed E-state index contributed by atoms with van der Waals surface area (Å²) in [4.78, 5) is 24.8. The van der Waals surface area contributed by atoms with E-state index in [4.69, 9.17) is 5.73 Å². The van der Waals surface area contributed by atoms with E-state index in [1.807, 2.05) is 0 Å². The molecule has 0 spiro atoms. The molecule has 2 fully saturated rings. The van der Waals surface area contributed by atoms with Crippen LogP contribution in [-0.4, -0.2) is 54.0 Å². The van der Waals surface area contributed by atoms with Crippen molar-refractivity contribution in [3.8, 4) is 0 Å². The number of hydrogen-bond donors (Lipinski definition) is 1. The lowest BCUT2D eigenvalue weighted by molar-refractivity contribution is 0.0995. The number of carbonyl (C=O) groups is 1. The van der Waals surface area contributed by atoms with Crippen LogP contribution in [0.4, 0.5) is 5.82 Å². The molecule has 1 aromatic rings. The monoisotopic (exact) mass is 275 g/mol. The highest BCUT2D eigenvalue weighted by atomic mass is 16.1. The Morgan fingerprint density at radius 2 is 2.10 bits per heavy atom. The first-order valence-electron chi connectivity index (χ1n) is 7.14. The molecule has 0 aromatic carbocycles. The average molecular weight is 275 g/mol. The molecule has 2 N–H and O–H groups in total. The summed E-state index contributed by atoms with van der Waals surface area (Å²) in [5, 5.41) is 0. The van der Waals surface area contributed by atoms with Crippen molar-refractivity contribution in [2.24, 2.45) is 5.73 Å². The van der Waals surface area contributed by atoms with Crippen LogP contribution in [0.25, 0.3) is 0 Å². The Kier molecular flexibility index (Phi) is 3.33. The largest absolute Gasteiger partial charge is 0.364 e. The van der Waals surface area contributed by atoms with Crippen LogP contribution in [0, 0.1) is 0 Å². The van der Waals surface area contributed by atoms with Crippen LogP contribution in [0.2, 0.25) is 0 Å². The number of carbonyl (C=O) groups excluding carboxylic acids is 1. The first-order valence-corrected chi connectivity index (χ1v) is 7.14. The fourth-order valence-electron chi connectivity index (χ4n) is 2.64. The molecule has 1 saturated carbocycles. The van der Waals surface area contributed by atoms with Gasteiger partial charge in [0.05, 0.1) is 0 Å². The first-order chi connectivity index (χ1) is 9.54. The molecule has 2 heterocycles. The maximum Gasteiger partial charge on any atom is 0.267 e. The van der Waals surface area contributed by atoms with E-state index in [-0.39, 0.29) is 0 Å². The van der Waals surface area contributed by atoms with Crippen molar-refractivity contribution in [3.05, 3.63) is 17.6 Å². The Morgan fingerprint density at radius 3 is 2.65 bits per heavy atom. The second-order valence-electron chi connectivity index (χ2n) is 5.96. The van der Waals surface area contributed by atoms with Gasteiger partial charge in [-0.2, -0.15) is 0 Å². The first kappa shape index (κ1) is 13.3. The topological polar surface area (TPSA) is 75.3 Å². The number of likely N-dealkylation sites (N-methyl/N-ethyl adjacent to an activating group) is 1. The molecule has 1 aliphatic carbocycles. The second kappa shape index (κ2) is 5.01. The highest BCUT2D eigenvalue weighted by molar-refractivity contribution is 5.91. The van der Waals surface area contributed by atoms with Gasteiger partial charge in [-0.1, -0.05) is 0 Å². The third-order valence-electron chi connectivity index (χ3n) is 4.14. The predicted octanol–water partition coefficient (Wildman–Crippen LogP) is 0.593. The summed E-state index contributed by atoms with van der Waals surface area (Å²) < 4.78 is 0. The molecule has 1 amide bonds. The normalized spacial score (nSPS) is 22.6. The standard InChI is InChI=1S/C14H21N5O/c1-18(2)10-5-6-19(8-10)12-7-11(13(15)20)16-14(17-12)9-3-4-9/h7,9-10H,3-6,8H2,1-2H3,(H2,15,20). The lowest BCUT2D eigenvalue weighted by Crippen LogP contribution is -2.32. The van der Waals surface area contributed by atoms with Gasteiger partial charge in [-0.3, -0.25) is 4.79 Å². The van der Waals surface area contributed by atoms with Gasteiger partial charge in [0.25, 0.3) is 5.91 Å². The molecule has 108 valence electrons. The highest BCUT2D eigenvalue weighted by Gasteiger charge is 2.30. The molecule has 6 heteroatoms. The second-order valence-corrected chi connectivity index (χ2v) is 5.96. The van der Waals surface area contributed by atoms with Crippen molar-refractivity contribution in [2.45, 2.75) is 31.2 Å². The molecule has 1 aromatic heterocycles. The fourth-order valence-corrected chi connectivity index (χ4v) is 2.64. The molecule has 3 rings (SSSR count). The van der Waals surface area contributed by atoms with Crippen molar-refractivity contribution >= 4 is 11.7 Å². The zero-order chi connectivity index (χ0) is 14.3. The number of hydrogen-bond acceptors (Lipinski definition) is 5. The molecule has 1 atom stereocenters. The summed E-state index contributed by atoms with van der Waals surface area (Å²) in [5.41, 5.74) is 5.73. The number of primary amides is 1. The number of amides is 1. The van der Waals surface area contributed by atoms with Crippen molar-refractivity contribution in [1.29, 1.82) is 0 Å². The maximum atomic E-state index is 11.4. The lowest BCUT2D eigenvalue weighted by atomic mass is 10.2. The SMILES string of the molecule is CN(C)C1CCN(c2cc(C(N)=O)nc(C3CC3)n2)C1. The Bertz CT molecular complexity index is 526. The summed E-state index contributed by atoms with van der Waals surface area (Å²) in [6, 6.07) is 2.26. The Balaban J connectivity index is 1.87. The zero-order valence-corrected chi connectivity index (χ0v) is 12.0. The van der Waals surface area contributed by atoms with Crippen LogP contribution < -0.4 is 10.6 Å². The van der Waals surface area contributed by atoms with Crippen molar-refractivity contribution in [1.82, 2.24) is 14.9 Å². The van der Waals surface area contributed by atoms with E-state index in [1.54, 1.807) is 6.07 Å². The van der Waals surface area contributed by atoms with E-state index in [0.717, 1.165) is 44.0 Å². The van der Waals surface area contributed by atoms with Gasteiger partial charge in [0, 0.05) is 31.1 Å². The van der Waals surface area contributed by atoms with Crippen LogP contribution in [0.15, 0.2) is 6.07 Å². The molecule has 6 nitrogen and oxygen atoms in total. The lowest BCUT2D eigenvalue weighted by Gasteiger charge is -2.21. The van der Waals surface area contributed by atoms with E-state index >= 15 is 0 Å². The highest BCUT2D eigenvalue weighted by Crippen LogP contribution is 2.38. The number of rotatable bonds is 4. The quantitative estimate of drug-likeness (QED) is 0.870. The zero-order valence-electron chi connectivity index (χ0n) is 12.0. The summed E-state index contributed by atoms with van der Waals surface area (Å²) in [5.74, 6) is 1.57. The van der Waals surface area contributed by atoms with Gasteiger partial charge in [0.1, 0.15) is 17.3 Å².